The van der Waals surface area contributed by atoms with Crippen molar-refractivity contribution in [2.24, 2.45) is 0 Å². The molecule has 0 atom stereocenters. The first-order chi connectivity index (χ1) is 13.2. The molecule has 6 nitrogen and oxygen atoms in total. The number of pyridine rings is 2. The van der Waals surface area contributed by atoms with Crippen LogP contribution in [-0.2, 0) is 17.6 Å². The summed E-state index contributed by atoms with van der Waals surface area (Å²) >= 11 is 0. The van der Waals surface area contributed by atoms with Crippen LogP contribution in [0.3, 0.4) is 0 Å². The number of aromatic amines is 1. The van der Waals surface area contributed by atoms with Crippen LogP contribution in [0.15, 0.2) is 53.6 Å². The predicted molar refractivity (Wildman–Crippen MR) is 105 cm³/mol. The standard InChI is InChI=1S/C21H23N3O3/c1-27-18-7-8-19-17(13-18)12-16(21(26)24-19)6-9-20(25)23-11-3-5-15-4-2-10-22-14-15/h2,4,7-8,10,12-14H,3,5-6,9,11H2,1H3,(H,23,25)(H,24,26). The number of nitrogens with one attached hydrogen (secondary N) is 2. The Morgan fingerprint density at radius 3 is 2.89 bits per heavy atom. The molecule has 2 aromatic heterocycles. The van der Waals surface area contributed by atoms with Crippen LogP contribution in [0.4, 0.5) is 0 Å². The summed E-state index contributed by atoms with van der Waals surface area (Å²) in [6.45, 7) is 0.610. The molecule has 0 aliphatic carbocycles. The molecule has 1 amide bonds. The number of aryl methyl sites for hydroxylation is 2. The number of methoxy groups -OCH3 is 1. The Morgan fingerprint density at radius 1 is 1.22 bits per heavy atom. The summed E-state index contributed by atoms with van der Waals surface area (Å²) in [6.07, 6.45) is 6.00. The molecule has 0 saturated heterocycles. The van der Waals surface area contributed by atoms with Crippen LogP contribution >= 0.6 is 0 Å². The fourth-order valence-electron chi connectivity index (χ4n) is 2.95. The molecule has 0 bridgehead atoms. The highest BCUT2D eigenvalue weighted by molar-refractivity contribution is 5.81. The molecule has 3 aromatic rings. The minimum absolute atomic E-state index is 0.0497. The van der Waals surface area contributed by atoms with Crippen molar-refractivity contribution in [2.75, 3.05) is 13.7 Å². The average Bonchev–Trinajstić information content (AvgIpc) is 2.70. The first-order valence-electron chi connectivity index (χ1n) is 9.01. The SMILES string of the molecule is COc1ccc2[nH]c(=O)c(CCC(=O)NCCCc3cccnc3)cc2c1. The molecule has 27 heavy (non-hydrogen) atoms. The number of H-pyrrole nitrogens is 1. The van der Waals surface area contributed by atoms with E-state index in [2.05, 4.69) is 15.3 Å². The molecule has 0 fully saturated rings. The Morgan fingerprint density at radius 2 is 2.11 bits per heavy atom. The zero-order valence-corrected chi connectivity index (χ0v) is 15.3. The van der Waals surface area contributed by atoms with Crippen LogP contribution in [0.2, 0.25) is 0 Å². The van der Waals surface area contributed by atoms with Crippen molar-refractivity contribution in [1.82, 2.24) is 15.3 Å². The lowest BCUT2D eigenvalue weighted by atomic mass is 10.1. The second-order valence-electron chi connectivity index (χ2n) is 6.39. The summed E-state index contributed by atoms with van der Waals surface area (Å²) < 4.78 is 5.22. The summed E-state index contributed by atoms with van der Waals surface area (Å²) in [6, 6.07) is 11.2. The quantitative estimate of drug-likeness (QED) is 0.601. The van der Waals surface area contributed by atoms with Gasteiger partial charge in [0.2, 0.25) is 5.91 Å². The average molecular weight is 365 g/mol. The number of fused-ring (bicyclic) bond motifs is 1. The van der Waals surface area contributed by atoms with E-state index in [-0.39, 0.29) is 17.9 Å². The van der Waals surface area contributed by atoms with E-state index >= 15 is 0 Å². The minimum Gasteiger partial charge on any atom is -0.497 e. The number of nitrogens with zero attached hydrogens (tertiary/aromatic N) is 1. The fourth-order valence-corrected chi connectivity index (χ4v) is 2.95. The monoisotopic (exact) mass is 365 g/mol. The van der Waals surface area contributed by atoms with Gasteiger partial charge in [-0.25, -0.2) is 0 Å². The first kappa shape index (κ1) is 18.6. The van der Waals surface area contributed by atoms with Crippen LogP contribution < -0.4 is 15.6 Å². The Bertz CT molecular complexity index is 967. The lowest BCUT2D eigenvalue weighted by Gasteiger charge is -2.07. The van der Waals surface area contributed by atoms with E-state index in [0.29, 0.717) is 18.5 Å². The number of benzene rings is 1. The lowest BCUT2D eigenvalue weighted by Crippen LogP contribution is -2.26. The summed E-state index contributed by atoms with van der Waals surface area (Å²) in [4.78, 5) is 31.2. The van der Waals surface area contributed by atoms with E-state index in [9.17, 15) is 9.59 Å². The molecule has 0 saturated carbocycles. The van der Waals surface area contributed by atoms with Gasteiger partial charge < -0.3 is 15.0 Å². The third-order valence-electron chi connectivity index (χ3n) is 4.44. The second kappa shape index (κ2) is 8.98. The van der Waals surface area contributed by atoms with E-state index in [0.717, 1.165) is 35.1 Å². The number of carbonyl (C=O) groups excluding carboxylic acids is 1. The number of amides is 1. The largest absolute Gasteiger partial charge is 0.497 e. The summed E-state index contributed by atoms with van der Waals surface area (Å²) in [7, 11) is 1.60. The summed E-state index contributed by atoms with van der Waals surface area (Å²) in [5.41, 5.74) is 2.35. The molecule has 3 rings (SSSR count). The number of rotatable bonds is 8. The zero-order valence-electron chi connectivity index (χ0n) is 15.3. The van der Waals surface area contributed by atoms with Gasteiger partial charge in [-0.15, -0.1) is 0 Å². The second-order valence-corrected chi connectivity index (χ2v) is 6.39. The van der Waals surface area contributed by atoms with Gasteiger partial charge in [-0.1, -0.05) is 6.07 Å². The van der Waals surface area contributed by atoms with Crippen LogP contribution in [-0.4, -0.2) is 29.5 Å². The minimum atomic E-state index is -0.156. The van der Waals surface area contributed by atoms with Crippen molar-refractivity contribution in [3.05, 3.63) is 70.3 Å². The van der Waals surface area contributed by atoms with Gasteiger partial charge in [0.05, 0.1) is 7.11 Å². The topological polar surface area (TPSA) is 84.1 Å². The molecule has 0 unspecified atom stereocenters. The van der Waals surface area contributed by atoms with Gasteiger partial charge in [0.1, 0.15) is 5.75 Å². The molecule has 0 aliphatic rings. The highest BCUT2D eigenvalue weighted by atomic mass is 16.5. The molecule has 0 spiro atoms. The first-order valence-corrected chi connectivity index (χ1v) is 9.01. The van der Waals surface area contributed by atoms with Gasteiger partial charge in [-0.2, -0.15) is 0 Å². The number of hydrogen-bond donors (Lipinski definition) is 2. The molecule has 0 aliphatic heterocycles. The maximum atomic E-state index is 12.2. The highest BCUT2D eigenvalue weighted by Gasteiger charge is 2.07. The van der Waals surface area contributed by atoms with Crippen LogP contribution in [0.25, 0.3) is 10.9 Å². The maximum Gasteiger partial charge on any atom is 0.251 e. The van der Waals surface area contributed by atoms with E-state index in [1.165, 1.54) is 0 Å². The van der Waals surface area contributed by atoms with E-state index in [1.54, 1.807) is 19.4 Å². The summed E-state index contributed by atoms with van der Waals surface area (Å²) in [5.74, 6) is 0.679. The molecule has 2 N–H and O–H groups in total. The number of aromatic nitrogens is 2. The predicted octanol–water partition coefficient (Wildman–Crippen LogP) is 2.61. The Labute approximate surface area is 157 Å². The van der Waals surface area contributed by atoms with Crippen molar-refractivity contribution in [2.45, 2.75) is 25.7 Å². The number of ether oxygens (including phenoxy) is 1. The van der Waals surface area contributed by atoms with E-state index in [1.807, 2.05) is 36.5 Å². The zero-order chi connectivity index (χ0) is 19.1. The third kappa shape index (κ3) is 5.17. The van der Waals surface area contributed by atoms with Crippen LogP contribution in [0, 0.1) is 0 Å². The van der Waals surface area contributed by atoms with Gasteiger partial charge in [-0.05, 0) is 55.2 Å². The molecule has 0 radical (unpaired) electrons. The Hall–Kier alpha value is -3.15. The molecule has 2 heterocycles. The van der Waals surface area contributed by atoms with Gasteiger partial charge in [0, 0.05) is 41.8 Å². The molecular formula is C21H23N3O3. The smallest absolute Gasteiger partial charge is 0.251 e. The third-order valence-corrected chi connectivity index (χ3v) is 4.44. The fraction of sp³-hybridized carbons (Fsp3) is 0.286. The molecule has 6 heteroatoms. The van der Waals surface area contributed by atoms with Crippen LogP contribution in [0.1, 0.15) is 24.0 Å². The molecular weight excluding hydrogens is 342 g/mol. The number of hydrogen-bond acceptors (Lipinski definition) is 4. The van der Waals surface area contributed by atoms with E-state index in [4.69, 9.17) is 4.74 Å². The summed E-state index contributed by atoms with van der Waals surface area (Å²) in [5, 5.41) is 3.80. The van der Waals surface area contributed by atoms with Crippen LogP contribution in [0.5, 0.6) is 5.75 Å². The van der Waals surface area contributed by atoms with Gasteiger partial charge in [0.15, 0.2) is 0 Å². The highest BCUT2D eigenvalue weighted by Crippen LogP contribution is 2.19. The maximum absolute atomic E-state index is 12.2. The van der Waals surface area contributed by atoms with Crippen molar-refractivity contribution in [3.8, 4) is 5.75 Å². The van der Waals surface area contributed by atoms with Crippen molar-refractivity contribution < 1.29 is 9.53 Å². The van der Waals surface area contributed by atoms with Crippen molar-refractivity contribution in [1.29, 1.82) is 0 Å². The molecule has 1 aromatic carbocycles. The van der Waals surface area contributed by atoms with Crippen molar-refractivity contribution >= 4 is 16.8 Å². The Kier molecular flexibility index (Phi) is 6.20. The molecule has 140 valence electrons. The lowest BCUT2D eigenvalue weighted by molar-refractivity contribution is -0.121. The van der Waals surface area contributed by atoms with Gasteiger partial charge in [0.25, 0.3) is 5.56 Å². The van der Waals surface area contributed by atoms with Crippen molar-refractivity contribution in [3.63, 3.8) is 0 Å². The van der Waals surface area contributed by atoms with Gasteiger partial charge >= 0.3 is 0 Å². The number of carbonyl (C=O) groups is 1. The normalized spacial score (nSPS) is 10.7. The van der Waals surface area contributed by atoms with Gasteiger partial charge in [-0.3, -0.25) is 14.6 Å². The Balaban J connectivity index is 1.50. The van der Waals surface area contributed by atoms with E-state index < -0.39 is 0 Å².